The highest BCUT2D eigenvalue weighted by atomic mass is 14.1. The summed E-state index contributed by atoms with van der Waals surface area (Å²) in [4.78, 5) is 0. The third kappa shape index (κ3) is 6.87. The summed E-state index contributed by atoms with van der Waals surface area (Å²) >= 11 is 0. The van der Waals surface area contributed by atoms with Gasteiger partial charge >= 0.3 is 0 Å². The fourth-order valence-electron chi connectivity index (χ4n) is 1.97. The van der Waals surface area contributed by atoms with E-state index in [4.69, 9.17) is 0 Å². The van der Waals surface area contributed by atoms with E-state index in [-0.39, 0.29) is 0 Å². The molecule has 0 unspecified atom stereocenters. The minimum absolute atomic E-state index is 1.19. The highest BCUT2D eigenvalue weighted by molar-refractivity contribution is 5.30. The van der Waals surface area contributed by atoms with Crippen LogP contribution < -0.4 is 0 Å². The third-order valence-corrected chi connectivity index (χ3v) is 3.07. The van der Waals surface area contributed by atoms with Gasteiger partial charge in [-0.25, -0.2) is 0 Å². The van der Waals surface area contributed by atoms with Crippen molar-refractivity contribution in [3.8, 4) is 0 Å². The lowest BCUT2D eigenvalue weighted by Gasteiger charge is -2.09. The Morgan fingerprint density at radius 3 is 1.31 bits per heavy atom. The first-order chi connectivity index (χ1) is 7.79. The van der Waals surface area contributed by atoms with E-state index in [9.17, 15) is 0 Å². The van der Waals surface area contributed by atoms with E-state index in [0.717, 1.165) is 0 Å². The van der Waals surface area contributed by atoms with Gasteiger partial charge in [0.2, 0.25) is 0 Å². The second-order valence-electron chi connectivity index (χ2n) is 4.45. The predicted octanol–water partition coefficient (Wildman–Crippen LogP) is 6.04. The second-order valence-corrected chi connectivity index (χ2v) is 4.45. The monoisotopic (exact) mass is 222 g/mol. The molecule has 0 atom stereocenters. The zero-order valence-corrected chi connectivity index (χ0v) is 11.8. The standard InChI is InChI=1S/C16H30/c1-5-9-11-13-15(7-3)16(8-4)14-12-10-6-2/h13-14H,5-12H2,1-4H3/b15-13+,16-14+. The molecule has 0 aromatic carbocycles. The molecule has 0 heteroatoms. The van der Waals surface area contributed by atoms with E-state index < -0.39 is 0 Å². The Morgan fingerprint density at radius 2 is 1.06 bits per heavy atom. The summed E-state index contributed by atoms with van der Waals surface area (Å²) < 4.78 is 0. The van der Waals surface area contributed by atoms with Gasteiger partial charge in [-0.05, 0) is 36.8 Å². The second kappa shape index (κ2) is 11.0. The molecule has 0 aliphatic heterocycles. The lowest BCUT2D eigenvalue weighted by Crippen LogP contribution is -1.89. The van der Waals surface area contributed by atoms with Crippen LogP contribution in [0.25, 0.3) is 0 Å². The Kier molecular flexibility index (Phi) is 10.6. The average Bonchev–Trinajstić information content (AvgIpc) is 2.31. The highest BCUT2D eigenvalue weighted by Gasteiger charge is 2.00. The zero-order valence-electron chi connectivity index (χ0n) is 11.8. The molecule has 0 amide bonds. The predicted molar refractivity (Wildman–Crippen MR) is 75.8 cm³/mol. The smallest absolute Gasteiger partial charge is 0.0308 e. The van der Waals surface area contributed by atoms with Gasteiger partial charge in [0.25, 0.3) is 0 Å². The number of hydrogen-bond donors (Lipinski definition) is 0. The molecule has 0 rings (SSSR count). The Morgan fingerprint density at radius 1 is 0.688 bits per heavy atom. The first-order valence-electron chi connectivity index (χ1n) is 7.18. The molecule has 0 aliphatic carbocycles. The van der Waals surface area contributed by atoms with Crippen LogP contribution in [0.4, 0.5) is 0 Å². The lowest BCUT2D eigenvalue weighted by atomic mass is 9.97. The van der Waals surface area contributed by atoms with Crippen LogP contribution in [0, 0.1) is 0 Å². The summed E-state index contributed by atoms with van der Waals surface area (Å²) in [6, 6.07) is 0. The van der Waals surface area contributed by atoms with Crippen molar-refractivity contribution in [2.75, 3.05) is 0 Å². The summed E-state index contributed by atoms with van der Waals surface area (Å²) in [5, 5.41) is 0. The van der Waals surface area contributed by atoms with Gasteiger partial charge in [0.05, 0.1) is 0 Å². The first kappa shape index (κ1) is 15.5. The van der Waals surface area contributed by atoms with Gasteiger partial charge in [-0.2, -0.15) is 0 Å². The summed E-state index contributed by atoms with van der Waals surface area (Å²) in [5.41, 5.74) is 3.18. The molecule has 0 radical (unpaired) electrons. The van der Waals surface area contributed by atoms with Crippen molar-refractivity contribution < 1.29 is 0 Å². The number of allylic oxidation sites excluding steroid dienone is 4. The van der Waals surface area contributed by atoms with Crippen molar-refractivity contribution in [3.05, 3.63) is 23.3 Å². The molecule has 0 bridgehead atoms. The third-order valence-electron chi connectivity index (χ3n) is 3.07. The van der Waals surface area contributed by atoms with E-state index in [0.29, 0.717) is 0 Å². The molecule has 0 aliphatic rings. The van der Waals surface area contributed by atoms with Crippen LogP contribution in [0.1, 0.15) is 79.1 Å². The van der Waals surface area contributed by atoms with Crippen molar-refractivity contribution in [1.29, 1.82) is 0 Å². The summed E-state index contributed by atoms with van der Waals surface area (Å²) in [7, 11) is 0. The van der Waals surface area contributed by atoms with Crippen LogP contribution in [-0.4, -0.2) is 0 Å². The Labute approximate surface area is 103 Å². The average molecular weight is 222 g/mol. The van der Waals surface area contributed by atoms with E-state index in [1.54, 1.807) is 11.1 Å². The van der Waals surface area contributed by atoms with E-state index in [1.807, 2.05) is 0 Å². The molecule has 16 heavy (non-hydrogen) atoms. The van der Waals surface area contributed by atoms with Crippen molar-refractivity contribution >= 4 is 0 Å². The Bertz CT molecular complexity index is 184. The van der Waals surface area contributed by atoms with Gasteiger partial charge in [-0.15, -0.1) is 0 Å². The lowest BCUT2D eigenvalue weighted by molar-refractivity contribution is 0.798. The molecular weight excluding hydrogens is 192 g/mol. The van der Waals surface area contributed by atoms with Gasteiger partial charge in [0.1, 0.15) is 0 Å². The highest BCUT2D eigenvalue weighted by Crippen LogP contribution is 2.20. The van der Waals surface area contributed by atoms with Crippen molar-refractivity contribution in [3.63, 3.8) is 0 Å². The van der Waals surface area contributed by atoms with Crippen LogP contribution in [0.5, 0.6) is 0 Å². The fraction of sp³-hybridized carbons (Fsp3) is 0.750. The van der Waals surface area contributed by atoms with Crippen LogP contribution >= 0.6 is 0 Å². The quantitative estimate of drug-likeness (QED) is 0.329. The maximum Gasteiger partial charge on any atom is -0.0308 e. The zero-order chi connectivity index (χ0) is 12.2. The van der Waals surface area contributed by atoms with Gasteiger partial charge in [-0.1, -0.05) is 65.5 Å². The van der Waals surface area contributed by atoms with Gasteiger partial charge < -0.3 is 0 Å². The molecule has 0 heterocycles. The Balaban J connectivity index is 4.36. The van der Waals surface area contributed by atoms with Crippen molar-refractivity contribution in [2.24, 2.45) is 0 Å². The van der Waals surface area contributed by atoms with Crippen LogP contribution in [-0.2, 0) is 0 Å². The topological polar surface area (TPSA) is 0 Å². The normalized spacial score (nSPS) is 13.2. The molecule has 0 N–H and O–H groups in total. The first-order valence-corrected chi connectivity index (χ1v) is 7.18. The van der Waals surface area contributed by atoms with E-state index in [1.165, 1.54) is 51.4 Å². The van der Waals surface area contributed by atoms with Crippen LogP contribution in [0.15, 0.2) is 23.3 Å². The molecule has 0 saturated heterocycles. The molecule has 0 saturated carbocycles. The molecule has 0 nitrogen and oxygen atoms in total. The molecule has 0 aromatic heterocycles. The molecule has 0 spiro atoms. The van der Waals surface area contributed by atoms with Crippen LogP contribution in [0.3, 0.4) is 0 Å². The largest absolute Gasteiger partial charge is 0.0811 e. The van der Waals surface area contributed by atoms with Gasteiger partial charge in [-0.3, -0.25) is 0 Å². The van der Waals surface area contributed by atoms with Gasteiger partial charge in [0, 0.05) is 0 Å². The molecule has 0 fully saturated rings. The fourth-order valence-corrected chi connectivity index (χ4v) is 1.97. The molecule has 0 aromatic rings. The van der Waals surface area contributed by atoms with Crippen LogP contribution in [0.2, 0.25) is 0 Å². The maximum atomic E-state index is 2.46. The van der Waals surface area contributed by atoms with E-state index in [2.05, 4.69) is 39.8 Å². The number of hydrogen-bond acceptors (Lipinski definition) is 0. The molecular formula is C16H30. The summed E-state index contributed by atoms with van der Waals surface area (Å²) in [6.45, 7) is 9.08. The van der Waals surface area contributed by atoms with E-state index >= 15 is 0 Å². The summed E-state index contributed by atoms with van der Waals surface area (Å²) in [6.07, 6.45) is 15.1. The molecule has 94 valence electrons. The van der Waals surface area contributed by atoms with Crippen molar-refractivity contribution in [2.45, 2.75) is 79.1 Å². The van der Waals surface area contributed by atoms with Crippen molar-refractivity contribution in [1.82, 2.24) is 0 Å². The number of unbranched alkanes of at least 4 members (excludes halogenated alkanes) is 4. The summed E-state index contributed by atoms with van der Waals surface area (Å²) in [5.74, 6) is 0. The minimum Gasteiger partial charge on any atom is -0.0811 e. The Hall–Kier alpha value is -0.520. The maximum absolute atomic E-state index is 2.46. The minimum atomic E-state index is 1.19. The van der Waals surface area contributed by atoms with Gasteiger partial charge in [0.15, 0.2) is 0 Å². The number of rotatable bonds is 9. The SMILES string of the molecule is CCCC/C=C(CC)/C(=C/CCCC)CC.